The van der Waals surface area contributed by atoms with E-state index in [0.29, 0.717) is 0 Å². The molecule has 1 aromatic heterocycles. The van der Waals surface area contributed by atoms with Gasteiger partial charge in [-0.15, -0.1) is 11.3 Å². The maximum absolute atomic E-state index is 6.06. The predicted molar refractivity (Wildman–Crippen MR) is 86.7 cm³/mol. The molecule has 2 aromatic rings. The lowest BCUT2D eigenvalue weighted by atomic mass is 10.1. The van der Waals surface area contributed by atoms with Gasteiger partial charge in [-0.2, -0.15) is 0 Å². The number of rotatable bonds is 2. The van der Waals surface area contributed by atoms with Crippen LogP contribution in [0.2, 0.25) is 4.34 Å². The molecule has 0 radical (unpaired) electrons. The van der Waals surface area contributed by atoms with Crippen LogP contribution in [0.3, 0.4) is 0 Å². The highest BCUT2D eigenvalue weighted by molar-refractivity contribution is 9.11. The third-order valence-corrected chi connectivity index (χ3v) is 7.12. The first-order chi connectivity index (χ1) is 7.99. The fourth-order valence-electron chi connectivity index (χ4n) is 1.42. The fourth-order valence-corrected chi connectivity index (χ4v) is 4.26. The van der Waals surface area contributed by atoms with E-state index in [-0.39, 0.29) is 4.83 Å². The first-order valence-corrected chi connectivity index (χ1v) is 8.53. The topological polar surface area (TPSA) is 0 Å². The molecule has 0 spiro atoms. The largest absolute Gasteiger partial charge is 0.126 e. The highest BCUT2D eigenvalue weighted by Gasteiger charge is 2.15. The highest BCUT2D eigenvalue weighted by Crippen LogP contribution is 2.41. The molecular weight excluding hydrogens is 451 g/mol. The minimum Gasteiger partial charge on any atom is -0.126 e. The summed E-state index contributed by atoms with van der Waals surface area (Å²) in [6.07, 6.45) is 0. The Morgan fingerprint density at radius 2 is 1.88 bits per heavy atom. The fraction of sp³-hybridized carbons (Fsp3) is 0.167. The lowest BCUT2D eigenvalue weighted by molar-refractivity contribution is 1.21. The Morgan fingerprint density at radius 1 is 1.18 bits per heavy atom. The monoisotopic (exact) mass is 456 g/mol. The van der Waals surface area contributed by atoms with E-state index in [1.54, 1.807) is 11.3 Å². The first kappa shape index (κ1) is 14.1. The Bertz CT molecular complexity index is 531. The van der Waals surface area contributed by atoms with Gasteiger partial charge in [-0.1, -0.05) is 55.6 Å². The summed E-state index contributed by atoms with van der Waals surface area (Å²) in [5.74, 6) is 0. The minimum atomic E-state index is 0.174. The van der Waals surface area contributed by atoms with Crippen LogP contribution in [0.4, 0.5) is 0 Å². The number of hydrogen-bond donors (Lipinski definition) is 0. The molecule has 0 aliphatic heterocycles. The molecule has 0 saturated carbocycles. The zero-order valence-corrected chi connectivity index (χ0v) is 15.1. The Hall–Kier alpha value is 0.650. The van der Waals surface area contributed by atoms with E-state index >= 15 is 0 Å². The van der Waals surface area contributed by atoms with Gasteiger partial charge in [0.2, 0.25) is 0 Å². The van der Waals surface area contributed by atoms with Crippen molar-refractivity contribution >= 4 is 70.7 Å². The maximum atomic E-state index is 6.06. The number of alkyl halides is 1. The Balaban J connectivity index is 2.36. The van der Waals surface area contributed by atoms with E-state index in [4.69, 9.17) is 11.6 Å². The molecule has 0 aliphatic carbocycles. The molecule has 1 aromatic carbocycles. The Labute approximate surface area is 135 Å². The smallest absolute Gasteiger partial charge is 0.107 e. The zero-order chi connectivity index (χ0) is 12.6. The van der Waals surface area contributed by atoms with Crippen molar-refractivity contribution in [2.45, 2.75) is 11.8 Å². The van der Waals surface area contributed by atoms with Gasteiger partial charge < -0.3 is 0 Å². The molecule has 1 heterocycles. The molecular formula is C12H8Br3ClS. The minimum absolute atomic E-state index is 0.174. The molecule has 0 nitrogen and oxygen atoms in total. The van der Waals surface area contributed by atoms with E-state index in [9.17, 15) is 0 Å². The molecule has 17 heavy (non-hydrogen) atoms. The summed E-state index contributed by atoms with van der Waals surface area (Å²) in [6.45, 7) is 2.08. The summed E-state index contributed by atoms with van der Waals surface area (Å²) in [7, 11) is 0. The van der Waals surface area contributed by atoms with Crippen molar-refractivity contribution in [1.82, 2.24) is 0 Å². The van der Waals surface area contributed by atoms with Gasteiger partial charge in [-0.05, 0) is 46.1 Å². The molecule has 1 unspecified atom stereocenters. The molecule has 0 aliphatic rings. The number of hydrogen-bond acceptors (Lipinski definition) is 1. The van der Waals surface area contributed by atoms with Crippen LogP contribution < -0.4 is 0 Å². The number of benzene rings is 1. The second kappa shape index (κ2) is 5.74. The summed E-state index contributed by atoms with van der Waals surface area (Å²) in [4.78, 5) is 1.37. The lowest BCUT2D eigenvalue weighted by Crippen LogP contribution is -1.90. The molecule has 0 N–H and O–H groups in total. The van der Waals surface area contributed by atoms with Crippen LogP contribution in [-0.2, 0) is 0 Å². The van der Waals surface area contributed by atoms with E-state index in [1.165, 1.54) is 16.0 Å². The van der Waals surface area contributed by atoms with Gasteiger partial charge in [0.25, 0.3) is 0 Å². The van der Waals surface area contributed by atoms with Crippen molar-refractivity contribution in [2.75, 3.05) is 0 Å². The molecule has 0 fully saturated rings. The van der Waals surface area contributed by atoms with Crippen molar-refractivity contribution < 1.29 is 0 Å². The van der Waals surface area contributed by atoms with Crippen LogP contribution in [0.15, 0.2) is 33.2 Å². The summed E-state index contributed by atoms with van der Waals surface area (Å²) in [6, 6.07) is 8.43. The van der Waals surface area contributed by atoms with Crippen LogP contribution >= 0.6 is 70.7 Å². The predicted octanol–water partition coefficient (Wildman–Crippen LogP) is 6.72. The van der Waals surface area contributed by atoms with E-state index < -0.39 is 0 Å². The standard InChI is InChI=1S/C12H8Br3ClS/c1-6-2-3-7(4-8(6)13)11(15)10-5-9(14)12(16)17-10/h2-5,11H,1H3. The summed E-state index contributed by atoms with van der Waals surface area (Å²) in [5.41, 5.74) is 2.45. The normalized spacial score (nSPS) is 12.8. The van der Waals surface area contributed by atoms with Crippen molar-refractivity contribution in [1.29, 1.82) is 0 Å². The van der Waals surface area contributed by atoms with Crippen molar-refractivity contribution in [3.05, 3.63) is 53.6 Å². The SMILES string of the molecule is Cc1ccc(C(Br)c2cc(Br)c(Cl)s2)cc1Br. The van der Waals surface area contributed by atoms with Gasteiger partial charge >= 0.3 is 0 Å². The van der Waals surface area contributed by atoms with Gasteiger partial charge in [-0.25, -0.2) is 0 Å². The van der Waals surface area contributed by atoms with Crippen LogP contribution in [0, 0.1) is 6.92 Å². The van der Waals surface area contributed by atoms with Crippen LogP contribution in [0.5, 0.6) is 0 Å². The molecule has 5 heteroatoms. The summed E-state index contributed by atoms with van der Waals surface area (Å²) in [5, 5.41) is 0. The molecule has 1 atom stereocenters. The van der Waals surface area contributed by atoms with E-state index in [2.05, 4.69) is 79.0 Å². The highest BCUT2D eigenvalue weighted by atomic mass is 79.9. The van der Waals surface area contributed by atoms with Crippen LogP contribution in [-0.4, -0.2) is 0 Å². The van der Waals surface area contributed by atoms with Crippen molar-refractivity contribution in [2.24, 2.45) is 0 Å². The zero-order valence-electron chi connectivity index (χ0n) is 8.81. The van der Waals surface area contributed by atoms with Gasteiger partial charge in [0.05, 0.1) is 4.83 Å². The van der Waals surface area contributed by atoms with E-state index in [1.807, 2.05) is 0 Å². The quantitative estimate of drug-likeness (QED) is 0.438. The Morgan fingerprint density at radius 3 is 2.41 bits per heavy atom. The first-order valence-electron chi connectivity index (χ1n) is 4.84. The third kappa shape index (κ3) is 3.16. The van der Waals surface area contributed by atoms with Gasteiger partial charge in [0.1, 0.15) is 4.34 Å². The lowest BCUT2D eigenvalue weighted by Gasteiger charge is -2.09. The number of halogens is 4. The van der Waals surface area contributed by atoms with Crippen LogP contribution in [0.1, 0.15) is 20.8 Å². The van der Waals surface area contributed by atoms with Gasteiger partial charge in [0, 0.05) is 13.8 Å². The summed E-state index contributed by atoms with van der Waals surface area (Å²) >= 11 is 18.3. The maximum Gasteiger partial charge on any atom is 0.107 e. The van der Waals surface area contributed by atoms with Gasteiger partial charge in [-0.3, -0.25) is 0 Å². The van der Waals surface area contributed by atoms with E-state index in [0.717, 1.165) is 13.3 Å². The Kier molecular flexibility index (Phi) is 4.75. The molecule has 0 bridgehead atoms. The second-order valence-corrected chi connectivity index (χ2v) is 7.95. The third-order valence-electron chi connectivity index (χ3n) is 2.40. The van der Waals surface area contributed by atoms with Crippen molar-refractivity contribution in [3.8, 4) is 0 Å². The average molecular weight is 459 g/mol. The molecule has 0 amide bonds. The van der Waals surface area contributed by atoms with Gasteiger partial charge in [0.15, 0.2) is 0 Å². The number of aryl methyl sites for hydroxylation is 1. The average Bonchev–Trinajstić information content (AvgIpc) is 2.62. The molecule has 0 saturated heterocycles. The molecule has 90 valence electrons. The molecule has 2 rings (SSSR count). The van der Waals surface area contributed by atoms with Crippen LogP contribution in [0.25, 0.3) is 0 Å². The number of thiophene rings is 1. The summed E-state index contributed by atoms with van der Waals surface area (Å²) < 4.78 is 2.87. The second-order valence-electron chi connectivity index (χ2n) is 3.64. The van der Waals surface area contributed by atoms with Crippen molar-refractivity contribution in [3.63, 3.8) is 0 Å².